The number of ketones is 2. The van der Waals surface area contributed by atoms with Gasteiger partial charge >= 0.3 is 5.97 Å². The Hall–Kier alpha value is -2.54. The molecule has 0 amide bonds. The Kier molecular flexibility index (Phi) is 8.51. The summed E-state index contributed by atoms with van der Waals surface area (Å²) in [7, 11) is 0. The molecule has 7 nitrogen and oxygen atoms in total. The molecule has 0 bridgehead atoms. The lowest BCUT2D eigenvalue weighted by Gasteiger charge is -2.14. The van der Waals surface area contributed by atoms with Gasteiger partial charge in [0.1, 0.15) is 5.78 Å². The Bertz CT molecular complexity index is 819. The number of carbonyl (C=O) groups excluding carboxylic acids is 2. The zero-order chi connectivity index (χ0) is 21.4. The zero-order valence-corrected chi connectivity index (χ0v) is 16.8. The molecule has 1 aliphatic rings. The number of benzene rings is 1. The highest BCUT2D eigenvalue weighted by atomic mass is 35.5. The number of aliphatic carboxylic acids is 1. The van der Waals surface area contributed by atoms with Crippen molar-refractivity contribution in [2.24, 2.45) is 11.8 Å². The van der Waals surface area contributed by atoms with Crippen molar-refractivity contribution in [3.05, 3.63) is 51.1 Å². The van der Waals surface area contributed by atoms with Crippen LogP contribution in [0.4, 0.5) is 5.69 Å². The normalized spacial score (nSPS) is 19.0. The maximum absolute atomic E-state index is 12.4. The van der Waals surface area contributed by atoms with E-state index in [1.54, 1.807) is 6.08 Å². The molecule has 0 aromatic heterocycles. The van der Waals surface area contributed by atoms with E-state index >= 15 is 0 Å². The minimum Gasteiger partial charge on any atom is -0.481 e. The fourth-order valence-electron chi connectivity index (χ4n) is 3.65. The number of non-ortho nitro benzene ring substituents is 1. The SMILES string of the molecule is O=C(O)CCCCCC[C@@H]1C(=O)CC[C@H]1C=CC(=O)c1cc([N+](=O)[O-])ccc1Cl. The highest BCUT2D eigenvalue weighted by molar-refractivity contribution is 6.34. The Morgan fingerprint density at radius 1 is 1.24 bits per heavy atom. The quantitative estimate of drug-likeness (QED) is 0.176. The van der Waals surface area contributed by atoms with Crippen LogP contribution in [0.5, 0.6) is 0 Å². The van der Waals surface area contributed by atoms with Crippen LogP contribution in [0.1, 0.15) is 61.7 Å². The summed E-state index contributed by atoms with van der Waals surface area (Å²) in [5.74, 6) is -1.21. The first-order valence-electron chi connectivity index (χ1n) is 9.70. The van der Waals surface area contributed by atoms with Crippen LogP contribution in [-0.2, 0) is 9.59 Å². The molecule has 2 atom stereocenters. The second kappa shape index (κ2) is 10.9. The highest BCUT2D eigenvalue weighted by Crippen LogP contribution is 2.34. The topological polar surface area (TPSA) is 115 Å². The van der Waals surface area contributed by atoms with Gasteiger partial charge in [0.05, 0.1) is 9.95 Å². The van der Waals surface area contributed by atoms with Gasteiger partial charge in [-0.25, -0.2) is 0 Å². The summed E-state index contributed by atoms with van der Waals surface area (Å²) in [6.45, 7) is 0. The number of hydrogen-bond donors (Lipinski definition) is 1. The van der Waals surface area contributed by atoms with Crippen LogP contribution in [-0.4, -0.2) is 27.6 Å². The molecule has 1 fully saturated rings. The number of carbonyl (C=O) groups is 3. The Labute approximate surface area is 173 Å². The minimum atomic E-state index is -0.797. The van der Waals surface area contributed by atoms with Crippen LogP contribution in [0.2, 0.25) is 5.02 Å². The number of unbranched alkanes of at least 4 members (excludes halogenated alkanes) is 3. The third kappa shape index (κ3) is 6.78. The summed E-state index contributed by atoms with van der Waals surface area (Å²) >= 11 is 6.00. The van der Waals surface area contributed by atoms with E-state index in [0.29, 0.717) is 25.7 Å². The number of hydrogen-bond acceptors (Lipinski definition) is 5. The maximum atomic E-state index is 12.4. The molecule has 0 saturated heterocycles. The lowest BCUT2D eigenvalue weighted by molar-refractivity contribution is -0.384. The van der Waals surface area contributed by atoms with Gasteiger partial charge in [-0.2, -0.15) is 0 Å². The number of carboxylic acids is 1. The van der Waals surface area contributed by atoms with Gasteiger partial charge in [-0.05, 0) is 37.3 Å². The molecule has 0 heterocycles. The third-order valence-electron chi connectivity index (χ3n) is 5.23. The van der Waals surface area contributed by atoms with Crippen molar-refractivity contribution >= 4 is 34.8 Å². The van der Waals surface area contributed by atoms with Crippen LogP contribution in [0.25, 0.3) is 0 Å². The molecule has 2 rings (SSSR count). The molecule has 156 valence electrons. The average Bonchev–Trinajstić information content (AvgIpc) is 3.02. The van der Waals surface area contributed by atoms with Gasteiger partial charge < -0.3 is 5.11 Å². The van der Waals surface area contributed by atoms with Gasteiger partial charge in [0.25, 0.3) is 5.69 Å². The summed E-state index contributed by atoms with van der Waals surface area (Å²) in [4.78, 5) is 45.5. The van der Waals surface area contributed by atoms with E-state index < -0.39 is 16.7 Å². The fraction of sp³-hybridized carbons (Fsp3) is 0.476. The molecule has 0 aliphatic heterocycles. The maximum Gasteiger partial charge on any atom is 0.303 e. The molecule has 0 unspecified atom stereocenters. The second-order valence-electron chi connectivity index (χ2n) is 7.27. The van der Waals surface area contributed by atoms with Crippen LogP contribution >= 0.6 is 11.6 Å². The van der Waals surface area contributed by atoms with E-state index in [4.69, 9.17) is 16.7 Å². The molecule has 1 aliphatic carbocycles. The largest absolute Gasteiger partial charge is 0.481 e. The first kappa shape index (κ1) is 22.7. The van der Waals surface area contributed by atoms with Gasteiger partial charge in [0.2, 0.25) is 0 Å². The summed E-state index contributed by atoms with van der Waals surface area (Å²) in [6, 6.07) is 3.72. The predicted octanol–water partition coefficient (Wildman–Crippen LogP) is 5.01. The Balaban J connectivity index is 1.93. The van der Waals surface area contributed by atoms with Crippen LogP contribution in [0.15, 0.2) is 30.4 Å². The number of allylic oxidation sites excluding steroid dienone is 2. The Morgan fingerprint density at radius 3 is 2.66 bits per heavy atom. The van der Waals surface area contributed by atoms with Crippen molar-refractivity contribution in [2.45, 2.75) is 51.4 Å². The van der Waals surface area contributed by atoms with Crippen molar-refractivity contribution in [1.82, 2.24) is 0 Å². The molecule has 8 heteroatoms. The predicted molar refractivity (Wildman–Crippen MR) is 108 cm³/mol. The van der Waals surface area contributed by atoms with Crippen LogP contribution in [0.3, 0.4) is 0 Å². The van der Waals surface area contributed by atoms with Crippen molar-refractivity contribution in [1.29, 1.82) is 0 Å². The van der Waals surface area contributed by atoms with Crippen LogP contribution in [0, 0.1) is 22.0 Å². The Morgan fingerprint density at radius 2 is 1.97 bits per heavy atom. The number of Topliss-reactive ketones (excluding diaryl/α,β-unsaturated/α-hetero) is 1. The molecular weight excluding hydrogens is 398 g/mol. The van der Waals surface area contributed by atoms with Gasteiger partial charge in [-0.3, -0.25) is 24.5 Å². The molecule has 1 aromatic carbocycles. The van der Waals surface area contributed by atoms with Gasteiger partial charge in [0, 0.05) is 36.5 Å². The van der Waals surface area contributed by atoms with Crippen molar-refractivity contribution in [3.8, 4) is 0 Å². The van der Waals surface area contributed by atoms with Gasteiger partial charge in [0.15, 0.2) is 5.78 Å². The van der Waals surface area contributed by atoms with Crippen molar-refractivity contribution in [3.63, 3.8) is 0 Å². The molecular formula is C21H24ClNO6. The number of halogens is 1. The summed E-state index contributed by atoms with van der Waals surface area (Å²) in [6.07, 6.45) is 8.27. The number of carboxylic acid groups (broad SMARTS) is 1. The first-order valence-corrected chi connectivity index (χ1v) is 10.1. The molecule has 0 radical (unpaired) electrons. The lowest BCUT2D eigenvalue weighted by Crippen LogP contribution is -2.13. The summed E-state index contributed by atoms with van der Waals surface area (Å²) in [5.41, 5.74) is -0.139. The van der Waals surface area contributed by atoms with Gasteiger partial charge in [-0.15, -0.1) is 0 Å². The van der Waals surface area contributed by atoms with Crippen LogP contribution < -0.4 is 0 Å². The number of nitrogens with zero attached hydrogens (tertiary/aromatic N) is 1. The van der Waals surface area contributed by atoms with E-state index in [2.05, 4.69) is 0 Å². The van der Waals surface area contributed by atoms with E-state index in [1.165, 1.54) is 18.2 Å². The smallest absolute Gasteiger partial charge is 0.303 e. The second-order valence-corrected chi connectivity index (χ2v) is 7.67. The zero-order valence-electron chi connectivity index (χ0n) is 16.0. The highest BCUT2D eigenvalue weighted by Gasteiger charge is 2.32. The van der Waals surface area contributed by atoms with E-state index in [-0.39, 0.29) is 40.3 Å². The number of rotatable bonds is 11. The molecule has 1 N–H and O–H groups in total. The van der Waals surface area contributed by atoms with E-state index in [1.807, 2.05) is 0 Å². The van der Waals surface area contributed by atoms with Gasteiger partial charge in [-0.1, -0.05) is 36.9 Å². The summed E-state index contributed by atoms with van der Waals surface area (Å²) in [5, 5.41) is 19.7. The molecule has 0 spiro atoms. The number of nitro benzene ring substituents is 1. The first-order chi connectivity index (χ1) is 13.8. The fourth-order valence-corrected chi connectivity index (χ4v) is 3.86. The molecule has 29 heavy (non-hydrogen) atoms. The molecule has 1 saturated carbocycles. The average molecular weight is 422 g/mol. The van der Waals surface area contributed by atoms with Crippen molar-refractivity contribution in [2.75, 3.05) is 0 Å². The van der Waals surface area contributed by atoms with E-state index in [0.717, 1.165) is 25.3 Å². The van der Waals surface area contributed by atoms with E-state index in [9.17, 15) is 24.5 Å². The lowest BCUT2D eigenvalue weighted by atomic mass is 9.89. The minimum absolute atomic E-state index is 0.0389. The molecule has 1 aromatic rings. The van der Waals surface area contributed by atoms with Crippen molar-refractivity contribution < 1.29 is 24.4 Å². The summed E-state index contributed by atoms with van der Waals surface area (Å²) < 4.78 is 0. The standard InChI is InChI=1S/C21H24ClNO6/c22-18-10-9-15(23(28)29)13-17(18)20(25)12-8-14-7-11-19(24)16(14)5-3-1-2-4-6-21(26)27/h8-10,12-14,16H,1-7,11H2,(H,26,27)/t14-,16-/m0/s1. The number of nitro groups is 1. The third-order valence-corrected chi connectivity index (χ3v) is 5.56. The monoisotopic (exact) mass is 421 g/mol.